The van der Waals surface area contributed by atoms with E-state index in [2.05, 4.69) is 0 Å². The van der Waals surface area contributed by atoms with E-state index in [1.54, 1.807) is 31.3 Å². The number of benzene rings is 1. The van der Waals surface area contributed by atoms with E-state index in [0.717, 1.165) is 11.3 Å². The Morgan fingerprint density at radius 2 is 1.89 bits per heavy atom. The van der Waals surface area contributed by atoms with Gasteiger partial charge >= 0.3 is 0 Å². The molecule has 0 aliphatic carbocycles. The quantitative estimate of drug-likeness (QED) is 0.740. The van der Waals surface area contributed by atoms with E-state index in [9.17, 15) is 4.79 Å². The molecule has 4 heteroatoms. The number of rotatable bonds is 6. The highest BCUT2D eigenvalue weighted by molar-refractivity contribution is 5.92. The molecular formula is C15H21NO3. The van der Waals surface area contributed by atoms with Crippen LogP contribution in [0.1, 0.15) is 19.4 Å². The minimum Gasteiger partial charge on any atom is -0.497 e. The van der Waals surface area contributed by atoms with Gasteiger partial charge in [-0.05, 0) is 38.1 Å². The van der Waals surface area contributed by atoms with Crippen molar-refractivity contribution in [3.8, 4) is 11.5 Å². The van der Waals surface area contributed by atoms with E-state index in [1.165, 1.54) is 0 Å². The molecule has 0 bridgehead atoms. The van der Waals surface area contributed by atoms with Crippen molar-refractivity contribution >= 4 is 12.0 Å². The van der Waals surface area contributed by atoms with E-state index < -0.39 is 0 Å². The number of hydrogen-bond acceptors (Lipinski definition) is 3. The van der Waals surface area contributed by atoms with Crippen LogP contribution in [-0.2, 0) is 4.79 Å². The minimum atomic E-state index is -0.00475. The van der Waals surface area contributed by atoms with E-state index in [0.29, 0.717) is 18.8 Å². The van der Waals surface area contributed by atoms with Crippen LogP contribution in [0, 0.1) is 0 Å². The Balaban J connectivity index is 2.94. The van der Waals surface area contributed by atoms with Crippen molar-refractivity contribution in [2.75, 3.05) is 27.3 Å². The molecule has 0 heterocycles. The summed E-state index contributed by atoms with van der Waals surface area (Å²) in [7, 11) is 3.21. The van der Waals surface area contributed by atoms with Crippen LogP contribution in [0.4, 0.5) is 0 Å². The summed E-state index contributed by atoms with van der Waals surface area (Å²) in [6.07, 6.45) is 3.31. The van der Waals surface area contributed by atoms with Gasteiger partial charge in [0.15, 0.2) is 0 Å². The molecule has 0 aliphatic heterocycles. The fourth-order valence-corrected chi connectivity index (χ4v) is 1.77. The van der Waals surface area contributed by atoms with Crippen molar-refractivity contribution in [3.05, 3.63) is 29.8 Å². The zero-order valence-electron chi connectivity index (χ0n) is 12.0. The highest BCUT2D eigenvalue weighted by Crippen LogP contribution is 2.25. The lowest BCUT2D eigenvalue weighted by molar-refractivity contribution is -0.125. The number of ether oxygens (including phenoxy) is 2. The monoisotopic (exact) mass is 263 g/mol. The predicted octanol–water partition coefficient (Wildman–Crippen LogP) is 2.59. The van der Waals surface area contributed by atoms with Crippen molar-refractivity contribution in [2.45, 2.75) is 13.8 Å². The predicted molar refractivity (Wildman–Crippen MR) is 76.5 cm³/mol. The maximum atomic E-state index is 11.9. The molecule has 0 spiro atoms. The molecule has 0 aliphatic rings. The second-order valence-corrected chi connectivity index (χ2v) is 3.95. The van der Waals surface area contributed by atoms with Gasteiger partial charge < -0.3 is 14.4 Å². The molecule has 0 unspecified atom stereocenters. The van der Waals surface area contributed by atoms with Crippen molar-refractivity contribution in [3.63, 3.8) is 0 Å². The first-order valence-corrected chi connectivity index (χ1v) is 6.35. The number of carbonyl (C=O) groups is 1. The lowest BCUT2D eigenvalue weighted by Gasteiger charge is -2.16. The third kappa shape index (κ3) is 4.02. The third-order valence-corrected chi connectivity index (χ3v) is 2.92. The molecule has 1 aromatic rings. The van der Waals surface area contributed by atoms with Crippen LogP contribution in [0.2, 0.25) is 0 Å². The molecule has 1 aromatic carbocycles. The summed E-state index contributed by atoms with van der Waals surface area (Å²) < 4.78 is 10.4. The van der Waals surface area contributed by atoms with E-state index in [-0.39, 0.29) is 5.91 Å². The lowest BCUT2D eigenvalue weighted by atomic mass is 10.1. The van der Waals surface area contributed by atoms with Crippen molar-refractivity contribution in [2.24, 2.45) is 0 Å². The Labute approximate surface area is 114 Å². The van der Waals surface area contributed by atoms with Crippen molar-refractivity contribution in [1.29, 1.82) is 0 Å². The van der Waals surface area contributed by atoms with Crippen LogP contribution >= 0.6 is 0 Å². The van der Waals surface area contributed by atoms with Crippen LogP contribution in [0.15, 0.2) is 24.3 Å². The van der Waals surface area contributed by atoms with Crippen LogP contribution < -0.4 is 9.47 Å². The van der Waals surface area contributed by atoms with E-state index in [1.807, 2.05) is 32.0 Å². The molecule has 0 fully saturated rings. The maximum Gasteiger partial charge on any atom is 0.246 e. The number of methoxy groups -OCH3 is 2. The van der Waals surface area contributed by atoms with Crippen molar-refractivity contribution < 1.29 is 14.3 Å². The van der Waals surface area contributed by atoms with Gasteiger partial charge in [-0.3, -0.25) is 4.79 Å². The van der Waals surface area contributed by atoms with Gasteiger partial charge in [-0.1, -0.05) is 0 Å². The molecule has 19 heavy (non-hydrogen) atoms. The normalized spacial score (nSPS) is 10.5. The first-order chi connectivity index (χ1) is 9.15. The first-order valence-electron chi connectivity index (χ1n) is 6.35. The fourth-order valence-electron chi connectivity index (χ4n) is 1.77. The summed E-state index contributed by atoms with van der Waals surface area (Å²) in [5.74, 6) is 1.44. The number of carbonyl (C=O) groups excluding carboxylic acids is 1. The van der Waals surface area contributed by atoms with Gasteiger partial charge in [-0.2, -0.15) is 0 Å². The molecular weight excluding hydrogens is 242 g/mol. The van der Waals surface area contributed by atoms with Crippen LogP contribution in [0.3, 0.4) is 0 Å². The van der Waals surface area contributed by atoms with E-state index in [4.69, 9.17) is 9.47 Å². The molecule has 0 N–H and O–H groups in total. The zero-order chi connectivity index (χ0) is 14.3. The van der Waals surface area contributed by atoms with Gasteiger partial charge in [0, 0.05) is 24.7 Å². The maximum absolute atomic E-state index is 11.9. The summed E-state index contributed by atoms with van der Waals surface area (Å²) in [4.78, 5) is 13.7. The second-order valence-electron chi connectivity index (χ2n) is 3.95. The van der Waals surface area contributed by atoms with Gasteiger partial charge in [0.05, 0.1) is 14.2 Å². The molecule has 0 aromatic heterocycles. The highest BCUT2D eigenvalue weighted by atomic mass is 16.5. The average molecular weight is 263 g/mol. The summed E-state index contributed by atoms with van der Waals surface area (Å²) in [6.45, 7) is 5.33. The van der Waals surface area contributed by atoms with Gasteiger partial charge in [-0.25, -0.2) is 0 Å². The average Bonchev–Trinajstić information content (AvgIpc) is 2.45. The molecule has 104 valence electrons. The first kappa shape index (κ1) is 15.1. The third-order valence-electron chi connectivity index (χ3n) is 2.92. The van der Waals surface area contributed by atoms with Gasteiger partial charge in [0.1, 0.15) is 11.5 Å². The summed E-state index contributed by atoms with van der Waals surface area (Å²) in [5.41, 5.74) is 0.822. The Morgan fingerprint density at radius 1 is 1.21 bits per heavy atom. The van der Waals surface area contributed by atoms with Crippen LogP contribution in [0.25, 0.3) is 6.08 Å². The molecule has 1 amide bonds. The van der Waals surface area contributed by atoms with Gasteiger partial charge in [0.25, 0.3) is 0 Å². The topological polar surface area (TPSA) is 38.8 Å². The number of amides is 1. The molecule has 1 rings (SSSR count). The van der Waals surface area contributed by atoms with Gasteiger partial charge in [-0.15, -0.1) is 0 Å². The zero-order valence-corrected chi connectivity index (χ0v) is 12.0. The number of nitrogens with zero attached hydrogens (tertiary/aromatic N) is 1. The summed E-state index contributed by atoms with van der Waals surface area (Å²) >= 11 is 0. The number of hydrogen-bond donors (Lipinski definition) is 0. The largest absolute Gasteiger partial charge is 0.497 e. The SMILES string of the molecule is CCN(CC)C(=O)/C=C/c1cc(OC)ccc1OC. The molecule has 0 saturated heterocycles. The van der Waals surface area contributed by atoms with Crippen LogP contribution in [0.5, 0.6) is 11.5 Å². The highest BCUT2D eigenvalue weighted by Gasteiger charge is 2.06. The Morgan fingerprint density at radius 3 is 2.42 bits per heavy atom. The minimum absolute atomic E-state index is 0.00475. The van der Waals surface area contributed by atoms with Gasteiger partial charge in [0.2, 0.25) is 5.91 Å². The second kappa shape index (κ2) is 7.46. The Hall–Kier alpha value is -1.97. The smallest absolute Gasteiger partial charge is 0.246 e. The van der Waals surface area contributed by atoms with Crippen molar-refractivity contribution in [1.82, 2.24) is 4.90 Å². The molecule has 4 nitrogen and oxygen atoms in total. The molecule has 0 saturated carbocycles. The lowest BCUT2D eigenvalue weighted by Crippen LogP contribution is -2.28. The molecule has 0 radical (unpaired) electrons. The summed E-state index contributed by atoms with van der Waals surface area (Å²) in [5, 5.41) is 0. The van der Waals surface area contributed by atoms with E-state index >= 15 is 0 Å². The Bertz CT molecular complexity index is 451. The Kier molecular flexibility index (Phi) is 5.93. The standard InChI is InChI=1S/C15H21NO3/c1-5-16(6-2)15(17)10-7-12-11-13(18-3)8-9-14(12)19-4/h7-11H,5-6H2,1-4H3/b10-7+. The molecule has 0 atom stereocenters. The van der Waals surface area contributed by atoms with Crippen LogP contribution in [-0.4, -0.2) is 38.1 Å². The number of likely N-dealkylation sites (N-methyl/N-ethyl adjacent to an activating group) is 1. The summed E-state index contributed by atoms with van der Waals surface area (Å²) in [6, 6.07) is 5.48. The fraction of sp³-hybridized carbons (Fsp3) is 0.400.